The normalized spacial score (nSPS) is 25.1. The number of para-hydroxylation sites is 1. The van der Waals surface area contributed by atoms with Crippen LogP contribution in [0.3, 0.4) is 0 Å². The van der Waals surface area contributed by atoms with E-state index in [0.717, 1.165) is 37.3 Å². The van der Waals surface area contributed by atoms with Crippen molar-refractivity contribution in [2.45, 2.75) is 32.7 Å². The number of aryl methyl sites for hydroxylation is 1. The number of halogens is 1. The van der Waals surface area contributed by atoms with Crippen LogP contribution in [0, 0.1) is 12.7 Å². The number of rotatable bonds is 2. The van der Waals surface area contributed by atoms with Crippen LogP contribution in [0.25, 0.3) is 0 Å². The van der Waals surface area contributed by atoms with Crippen molar-refractivity contribution in [2.24, 2.45) is 0 Å². The highest BCUT2D eigenvalue weighted by atomic mass is 19.1. The van der Waals surface area contributed by atoms with E-state index < -0.39 is 0 Å². The molecule has 0 saturated carbocycles. The summed E-state index contributed by atoms with van der Waals surface area (Å²) in [6, 6.07) is 5.30. The molecule has 17 heavy (non-hydrogen) atoms. The van der Waals surface area contributed by atoms with Crippen molar-refractivity contribution in [3.63, 3.8) is 0 Å². The molecule has 0 aromatic heterocycles. The molecule has 1 unspecified atom stereocenters. The monoisotopic (exact) mass is 236 g/mol. The molecule has 1 aliphatic heterocycles. The van der Waals surface area contributed by atoms with Crippen molar-refractivity contribution in [3.05, 3.63) is 29.6 Å². The van der Waals surface area contributed by atoms with Crippen LogP contribution in [0.15, 0.2) is 18.2 Å². The summed E-state index contributed by atoms with van der Waals surface area (Å²) < 4.78 is 13.9. The van der Waals surface area contributed by atoms with Crippen molar-refractivity contribution in [1.29, 1.82) is 0 Å². The first-order valence-corrected chi connectivity index (χ1v) is 6.31. The smallest absolute Gasteiger partial charge is 0.146 e. The first-order valence-electron chi connectivity index (χ1n) is 6.31. The number of nitrogens with zero attached hydrogens (tertiary/aromatic N) is 1. The zero-order valence-corrected chi connectivity index (χ0v) is 10.9. The molecule has 1 fully saturated rings. The second kappa shape index (κ2) is 4.65. The van der Waals surface area contributed by atoms with Crippen LogP contribution in [0.5, 0.6) is 0 Å². The van der Waals surface area contributed by atoms with Gasteiger partial charge in [0.2, 0.25) is 0 Å². The van der Waals surface area contributed by atoms with E-state index in [0.29, 0.717) is 0 Å². The topological polar surface area (TPSA) is 15.3 Å². The first kappa shape index (κ1) is 12.4. The van der Waals surface area contributed by atoms with Gasteiger partial charge in [-0.05, 0) is 31.9 Å². The highest BCUT2D eigenvalue weighted by molar-refractivity contribution is 5.55. The lowest BCUT2D eigenvalue weighted by Crippen LogP contribution is -2.58. The Morgan fingerprint density at radius 2 is 2.24 bits per heavy atom. The maximum Gasteiger partial charge on any atom is 0.146 e. The van der Waals surface area contributed by atoms with Gasteiger partial charge in [0, 0.05) is 25.2 Å². The minimum absolute atomic E-state index is 0.0902. The molecule has 2 nitrogen and oxygen atoms in total. The zero-order valence-electron chi connectivity index (χ0n) is 10.9. The van der Waals surface area contributed by atoms with Crippen LogP contribution in [-0.2, 0) is 0 Å². The molecule has 1 saturated heterocycles. The van der Waals surface area contributed by atoms with E-state index in [-0.39, 0.29) is 11.4 Å². The van der Waals surface area contributed by atoms with Gasteiger partial charge in [-0.1, -0.05) is 19.1 Å². The molecule has 1 aliphatic rings. The van der Waals surface area contributed by atoms with E-state index in [2.05, 4.69) is 24.1 Å². The lowest BCUT2D eigenvalue weighted by atomic mass is 9.95. The predicted octanol–water partition coefficient (Wildman–Crippen LogP) is 2.71. The van der Waals surface area contributed by atoms with Crippen LogP contribution in [-0.4, -0.2) is 25.2 Å². The van der Waals surface area contributed by atoms with Crippen LogP contribution in [0.1, 0.15) is 25.8 Å². The molecule has 0 radical (unpaired) electrons. The Balaban J connectivity index is 2.28. The first-order chi connectivity index (χ1) is 8.06. The molecule has 1 heterocycles. The minimum atomic E-state index is -0.106. The molecule has 94 valence electrons. The van der Waals surface area contributed by atoms with Gasteiger partial charge in [-0.25, -0.2) is 4.39 Å². The third kappa shape index (κ3) is 2.44. The molecule has 2 rings (SSSR count). The molecule has 0 aliphatic carbocycles. The number of nitrogens with one attached hydrogen (secondary N) is 1. The van der Waals surface area contributed by atoms with E-state index in [4.69, 9.17) is 0 Å². The molecule has 1 aromatic rings. The Morgan fingerprint density at radius 3 is 2.88 bits per heavy atom. The molecule has 1 atom stereocenters. The van der Waals surface area contributed by atoms with Gasteiger partial charge in [0.15, 0.2) is 0 Å². The molecular formula is C14H21FN2. The predicted molar refractivity (Wildman–Crippen MR) is 70.0 cm³/mol. The van der Waals surface area contributed by atoms with Gasteiger partial charge in [0.25, 0.3) is 0 Å². The number of benzene rings is 1. The van der Waals surface area contributed by atoms with Crippen molar-refractivity contribution in [2.75, 3.05) is 24.5 Å². The minimum Gasteiger partial charge on any atom is -0.366 e. The van der Waals surface area contributed by atoms with Gasteiger partial charge < -0.3 is 10.2 Å². The third-order valence-corrected chi connectivity index (χ3v) is 3.76. The number of hydrogen-bond acceptors (Lipinski definition) is 2. The Morgan fingerprint density at radius 1 is 1.47 bits per heavy atom. The van der Waals surface area contributed by atoms with Gasteiger partial charge in [-0.3, -0.25) is 0 Å². The van der Waals surface area contributed by atoms with Gasteiger partial charge in [0.1, 0.15) is 5.82 Å². The van der Waals surface area contributed by atoms with E-state index >= 15 is 0 Å². The molecule has 3 heteroatoms. The summed E-state index contributed by atoms with van der Waals surface area (Å²) in [6.45, 7) is 9.00. The fourth-order valence-electron chi connectivity index (χ4n) is 2.50. The average molecular weight is 236 g/mol. The SMILES string of the molecule is CCC1(C)CN(c2c(C)cccc2F)CCN1. The van der Waals surface area contributed by atoms with Crippen molar-refractivity contribution < 1.29 is 4.39 Å². The molecular weight excluding hydrogens is 215 g/mol. The lowest BCUT2D eigenvalue weighted by molar-refractivity contribution is 0.312. The van der Waals surface area contributed by atoms with E-state index in [1.165, 1.54) is 0 Å². The van der Waals surface area contributed by atoms with Crippen molar-refractivity contribution >= 4 is 5.69 Å². The van der Waals surface area contributed by atoms with Gasteiger partial charge in [-0.2, -0.15) is 0 Å². The number of piperazine rings is 1. The summed E-state index contributed by atoms with van der Waals surface area (Å²) in [6.07, 6.45) is 1.05. The second-order valence-corrected chi connectivity index (χ2v) is 5.17. The summed E-state index contributed by atoms with van der Waals surface area (Å²) in [7, 11) is 0. The standard InChI is InChI=1S/C14H21FN2/c1-4-14(3)10-17(9-8-16-14)13-11(2)6-5-7-12(13)15/h5-7,16H,4,8-10H2,1-3H3. The van der Waals surface area contributed by atoms with Gasteiger partial charge in [0.05, 0.1) is 5.69 Å². The molecule has 0 bridgehead atoms. The second-order valence-electron chi connectivity index (χ2n) is 5.17. The average Bonchev–Trinajstić information content (AvgIpc) is 2.29. The van der Waals surface area contributed by atoms with Crippen LogP contribution in [0.4, 0.5) is 10.1 Å². The van der Waals surface area contributed by atoms with Crippen molar-refractivity contribution in [1.82, 2.24) is 5.32 Å². The molecule has 1 N–H and O–H groups in total. The van der Waals surface area contributed by atoms with E-state index in [1.807, 2.05) is 13.0 Å². The zero-order chi connectivity index (χ0) is 12.5. The Labute approximate surface area is 103 Å². The van der Waals surface area contributed by atoms with Gasteiger partial charge >= 0.3 is 0 Å². The summed E-state index contributed by atoms with van der Waals surface area (Å²) in [5.41, 5.74) is 1.88. The lowest BCUT2D eigenvalue weighted by Gasteiger charge is -2.42. The summed E-state index contributed by atoms with van der Waals surface area (Å²) >= 11 is 0. The summed E-state index contributed by atoms with van der Waals surface area (Å²) in [5.74, 6) is -0.106. The maximum atomic E-state index is 13.9. The Bertz CT molecular complexity index is 385. The van der Waals surface area contributed by atoms with Gasteiger partial charge in [-0.15, -0.1) is 0 Å². The molecule has 0 spiro atoms. The highest BCUT2D eigenvalue weighted by Gasteiger charge is 2.30. The molecule has 1 aromatic carbocycles. The fourth-order valence-corrected chi connectivity index (χ4v) is 2.50. The maximum absolute atomic E-state index is 13.9. The highest BCUT2D eigenvalue weighted by Crippen LogP contribution is 2.27. The molecule has 0 amide bonds. The quantitative estimate of drug-likeness (QED) is 0.849. The number of hydrogen-bond donors (Lipinski definition) is 1. The Kier molecular flexibility index (Phi) is 3.38. The Hall–Kier alpha value is -1.09. The van der Waals surface area contributed by atoms with E-state index in [9.17, 15) is 4.39 Å². The largest absolute Gasteiger partial charge is 0.366 e. The fraction of sp³-hybridized carbons (Fsp3) is 0.571. The van der Waals surface area contributed by atoms with E-state index in [1.54, 1.807) is 12.1 Å². The number of anilines is 1. The summed E-state index contributed by atoms with van der Waals surface area (Å²) in [4.78, 5) is 2.17. The van der Waals surface area contributed by atoms with Crippen LogP contribution in [0.2, 0.25) is 0 Å². The van der Waals surface area contributed by atoms with Crippen molar-refractivity contribution in [3.8, 4) is 0 Å². The van der Waals surface area contributed by atoms with Crippen LogP contribution < -0.4 is 10.2 Å². The van der Waals surface area contributed by atoms with Crippen LogP contribution >= 0.6 is 0 Å². The summed E-state index contributed by atoms with van der Waals surface area (Å²) in [5, 5.41) is 3.52. The third-order valence-electron chi connectivity index (χ3n) is 3.76.